The molecule has 4 rings (SSSR count). The van der Waals surface area contributed by atoms with Gasteiger partial charge >= 0.3 is 0 Å². The van der Waals surface area contributed by atoms with Crippen molar-refractivity contribution >= 4 is 11.8 Å². The number of hydrogen-bond acceptors (Lipinski definition) is 1. The quantitative estimate of drug-likeness (QED) is 0.370. The Kier molecular flexibility index (Phi) is 5.11. The maximum Gasteiger partial charge on any atom is 0.00501 e. The molecule has 0 spiro atoms. The summed E-state index contributed by atoms with van der Waals surface area (Å²) in [7, 11) is 0. The Balaban J connectivity index is 1.46. The average Bonchev–Trinajstić information content (AvgIpc) is 2.90. The van der Waals surface area contributed by atoms with E-state index < -0.39 is 0 Å². The van der Waals surface area contributed by atoms with Crippen LogP contribution in [0.25, 0.3) is 0 Å². The van der Waals surface area contributed by atoms with Gasteiger partial charge in [-0.1, -0.05) is 39.3 Å². The molecule has 4 saturated carbocycles. The monoisotopic (exact) mass is 360 g/mol. The van der Waals surface area contributed by atoms with Crippen LogP contribution in [0.4, 0.5) is 0 Å². The Morgan fingerprint density at radius 3 is 2.68 bits per heavy atom. The number of thioether (sulfide) groups is 1. The highest BCUT2D eigenvalue weighted by atomic mass is 32.2. The number of unbranched alkanes of at least 4 members (excludes halogenated alkanes) is 1. The largest absolute Gasteiger partial charge is 0.159 e. The Morgan fingerprint density at radius 1 is 1.04 bits per heavy atom. The molecule has 0 N–H and O–H groups in total. The van der Waals surface area contributed by atoms with E-state index in [4.69, 9.17) is 0 Å². The van der Waals surface area contributed by atoms with Crippen molar-refractivity contribution in [3.05, 3.63) is 12.2 Å². The van der Waals surface area contributed by atoms with Gasteiger partial charge in [0.05, 0.1) is 0 Å². The lowest BCUT2D eigenvalue weighted by molar-refractivity contribution is -0.0961. The Labute approximate surface area is 161 Å². The summed E-state index contributed by atoms with van der Waals surface area (Å²) >= 11 is 2.31. The summed E-state index contributed by atoms with van der Waals surface area (Å²) in [6.07, 6.45) is 16.1. The second-order valence-corrected chi connectivity index (χ2v) is 11.8. The first kappa shape index (κ1) is 18.5. The van der Waals surface area contributed by atoms with Crippen LogP contribution in [0.15, 0.2) is 12.2 Å². The first-order chi connectivity index (χ1) is 12.0. The van der Waals surface area contributed by atoms with Crippen LogP contribution in [-0.4, -0.2) is 11.0 Å². The third-order valence-electron chi connectivity index (χ3n) is 9.42. The van der Waals surface area contributed by atoms with Crippen molar-refractivity contribution in [2.24, 2.45) is 34.5 Å². The lowest BCUT2D eigenvalue weighted by Crippen LogP contribution is -2.53. The van der Waals surface area contributed by atoms with Crippen molar-refractivity contribution in [3.8, 4) is 0 Å². The molecule has 0 radical (unpaired) electrons. The fourth-order valence-corrected chi connectivity index (χ4v) is 9.11. The average molecular weight is 361 g/mol. The Bertz CT molecular complexity index is 510. The fourth-order valence-electron chi connectivity index (χ4n) is 7.67. The van der Waals surface area contributed by atoms with E-state index in [0.717, 1.165) is 28.9 Å². The summed E-state index contributed by atoms with van der Waals surface area (Å²) in [5.74, 6) is 5.43. The maximum absolute atomic E-state index is 4.49. The first-order valence-corrected chi connectivity index (χ1v) is 12.3. The molecule has 0 aromatic rings. The second kappa shape index (κ2) is 6.92. The number of rotatable bonds is 4. The normalized spacial score (nSPS) is 49.4. The van der Waals surface area contributed by atoms with Crippen LogP contribution in [-0.2, 0) is 0 Å². The summed E-state index contributed by atoms with van der Waals surface area (Å²) in [5.41, 5.74) is 2.76. The van der Waals surface area contributed by atoms with Crippen LogP contribution in [0.2, 0.25) is 0 Å². The van der Waals surface area contributed by atoms with E-state index in [1.807, 2.05) is 0 Å². The van der Waals surface area contributed by atoms with Crippen molar-refractivity contribution in [1.82, 2.24) is 0 Å². The minimum Gasteiger partial charge on any atom is -0.159 e. The van der Waals surface area contributed by atoms with Crippen molar-refractivity contribution in [3.63, 3.8) is 0 Å². The minimum absolute atomic E-state index is 0.498. The van der Waals surface area contributed by atoms with E-state index in [1.165, 1.54) is 76.4 Å². The van der Waals surface area contributed by atoms with Gasteiger partial charge in [-0.25, -0.2) is 0 Å². The van der Waals surface area contributed by atoms with Gasteiger partial charge in [-0.15, -0.1) is 0 Å². The summed E-state index contributed by atoms with van der Waals surface area (Å²) in [4.78, 5) is 0. The van der Waals surface area contributed by atoms with E-state index >= 15 is 0 Å². The lowest BCUT2D eigenvalue weighted by Gasteiger charge is -2.60. The molecule has 0 heterocycles. The molecule has 0 saturated heterocycles. The van der Waals surface area contributed by atoms with E-state index in [1.54, 1.807) is 5.57 Å². The molecule has 0 nitrogen and oxygen atoms in total. The van der Waals surface area contributed by atoms with Gasteiger partial charge in [0.1, 0.15) is 0 Å². The van der Waals surface area contributed by atoms with E-state index in [0.29, 0.717) is 10.8 Å². The zero-order chi connectivity index (χ0) is 17.7. The fraction of sp³-hybridized carbons (Fsp3) is 0.917. The smallest absolute Gasteiger partial charge is 0.00501 e. The highest BCUT2D eigenvalue weighted by Crippen LogP contribution is 2.67. The molecular formula is C24H40S. The first-order valence-electron chi connectivity index (χ1n) is 11.3. The lowest BCUT2D eigenvalue weighted by atomic mass is 9.45. The van der Waals surface area contributed by atoms with E-state index in [-0.39, 0.29) is 0 Å². The number of hydrogen-bond donors (Lipinski definition) is 0. The van der Waals surface area contributed by atoms with Gasteiger partial charge in [0.2, 0.25) is 0 Å². The zero-order valence-corrected chi connectivity index (χ0v) is 17.8. The third-order valence-corrected chi connectivity index (χ3v) is 10.8. The van der Waals surface area contributed by atoms with Crippen LogP contribution in [0, 0.1) is 34.5 Å². The van der Waals surface area contributed by atoms with Gasteiger partial charge in [-0.05, 0) is 104 Å². The van der Waals surface area contributed by atoms with Gasteiger partial charge in [0.25, 0.3) is 0 Å². The molecule has 25 heavy (non-hydrogen) atoms. The summed E-state index contributed by atoms with van der Waals surface area (Å²) in [5, 5.41) is 0.973. The summed E-state index contributed by atoms with van der Waals surface area (Å²) in [6, 6.07) is 0. The third kappa shape index (κ3) is 2.95. The maximum atomic E-state index is 4.49. The molecule has 1 heteroatoms. The van der Waals surface area contributed by atoms with Gasteiger partial charge < -0.3 is 0 Å². The zero-order valence-electron chi connectivity index (χ0n) is 17.0. The second-order valence-electron chi connectivity index (χ2n) is 10.4. The Morgan fingerprint density at radius 2 is 1.88 bits per heavy atom. The van der Waals surface area contributed by atoms with Crippen molar-refractivity contribution < 1.29 is 0 Å². The van der Waals surface area contributed by atoms with Crippen LogP contribution in [0.1, 0.15) is 91.4 Å². The number of allylic oxidation sites excluding steroid dienone is 1. The molecule has 4 aliphatic rings. The molecule has 4 aliphatic carbocycles. The van der Waals surface area contributed by atoms with E-state index in [9.17, 15) is 0 Å². The van der Waals surface area contributed by atoms with Gasteiger partial charge in [0.15, 0.2) is 0 Å². The van der Waals surface area contributed by atoms with Crippen molar-refractivity contribution in [1.29, 1.82) is 0 Å². The summed E-state index contributed by atoms with van der Waals surface area (Å²) < 4.78 is 0. The van der Waals surface area contributed by atoms with Crippen LogP contribution < -0.4 is 0 Å². The highest BCUT2D eigenvalue weighted by molar-refractivity contribution is 7.99. The predicted molar refractivity (Wildman–Crippen MR) is 112 cm³/mol. The van der Waals surface area contributed by atoms with Crippen molar-refractivity contribution in [2.45, 2.75) is 96.7 Å². The molecule has 4 unspecified atom stereocenters. The van der Waals surface area contributed by atoms with E-state index in [2.05, 4.69) is 39.1 Å². The number of fused-ring (bicyclic) bond motifs is 5. The molecule has 0 amide bonds. The molecule has 0 aliphatic heterocycles. The molecule has 7 atom stereocenters. The SMILES string of the molecule is C=C1CCC2C3CCC4C[C@H](SCCCC)CC[C@]4(C)C3CC[C@]12C. The van der Waals surface area contributed by atoms with Gasteiger partial charge in [0, 0.05) is 5.25 Å². The molecule has 142 valence electrons. The molecule has 0 bridgehead atoms. The Hall–Kier alpha value is 0.0900. The minimum atomic E-state index is 0.498. The van der Waals surface area contributed by atoms with Gasteiger partial charge in [-0.3, -0.25) is 0 Å². The molecule has 4 fully saturated rings. The predicted octanol–water partition coefficient (Wildman–Crippen LogP) is 7.49. The van der Waals surface area contributed by atoms with Crippen LogP contribution >= 0.6 is 11.8 Å². The molecule has 0 aromatic heterocycles. The summed E-state index contributed by atoms with van der Waals surface area (Å²) in [6.45, 7) is 12.1. The highest BCUT2D eigenvalue weighted by Gasteiger charge is 2.58. The van der Waals surface area contributed by atoms with Crippen LogP contribution in [0.3, 0.4) is 0 Å². The molecular weight excluding hydrogens is 320 g/mol. The van der Waals surface area contributed by atoms with Crippen LogP contribution in [0.5, 0.6) is 0 Å². The standard InChI is InChI=1S/C24H40S/c1-5-6-15-25-19-11-13-24(4)18(16-19)8-9-20-21-10-7-17(2)23(21,3)14-12-22(20)24/h18-22H,2,5-16H2,1,3-4H3/t18?,19-,20?,21?,22?,23-,24+/m1/s1. The van der Waals surface area contributed by atoms with Gasteiger partial charge in [-0.2, -0.15) is 11.8 Å². The van der Waals surface area contributed by atoms with Crippen molar-refractivity contribution in [2.75, 3.05) is 5.75 Å². The molecule has 0 aromatic carbocycles. The topological polar surface area (TPSA) is 0 Å².